The molecule has 0 bridgehead atoms. The highest BCUT2D eigenvalue weighted by molar-refractivity contribution is 5.85. The van der Waals surface area contributed by atoms with Crippen LogP contribution in [0.5, 0.6) is 5.88 Å². The van der Waals surface area contributed by atoms with E-state index < -0.39 is 0 Å². The van der Waals surface area contributed by atoms with E-state index in [1.807, 2.05) is 30.3 Å². The van der Waals surface area contributed by atoms with Gasteiger partial charge in [-0.05, 0) is 31.9 Å². The average molecular weight is 352 g/mol. The molecule has 2 heterocycles. The highest BCUT2D eigenvalue weighted by Gasteiger charge is 2.14. The van der Waals surface area contributed by atoms with Gasteiger partial charge in [0.15, 0.2) is 11.7 Å². The van der Waals surface area contributed by atoms with Crippen LogP contribution < -0.4 is 4.74 Å². The summed E-state index contributed by atoms with van der Waals surface area (Å²) in [6.07, 6.45) is 7.32. The lowest BCUT2D eigenvalue weighted by molar-refractivity contribution is -0.117. The number of pyridine rings is 1. The fourth-order valence-corrected chi connectivity index (χ4v) is 2.98. The molecule has 0 amide bonds. The van der Waals surface area contributed by atoms with E-state index in [4.69, 9.17) is 9.15 Å². The maximum atomic E-state index is 10.9. The van der Waals surface area contributed by atoms with Crippen molar-refractivity contribution in [1.29, 1.82) is 0 Å². The Labute approximate surface area is 153 Å². The minimum absolute atomic E-state index is 0.264. The van der Waals surface area contributed by atoms with Crippen LogP contribution >= 0.6 is 0 Å². The highest BCUT2D eigenvalue weighted by Crippen LogP contribution is 2.32. The quantitative estimate of drug-likeness (QED) is 0.508. The number of ether oxygens (including phenoxy) is 1. The number of benzene rings is 1. The predicted molar refractivity (Wildman–Crippen MR) is 101 cm³/mol. The minimum atomic E-state index is 0.264. The van der Waals surface area contributed by atoms with Crippen LogP contribution in [-0.2, 0) is 11.2 Å². The number of carbonyl (C=O) groups is 1. The number of hydrogen-bond donors (Lipinski definition) is 0. The van der Waals surface area contributed by atoms with Crippen LogP contribution in [0.2, 0.25) is 0 Å². The summed E-state index contributed by atoms with van der Waals surface area (Å²) in [5.74, 6) is 2.20. The van der Waals surface area contributed by atoms with E-state index in [1.54, 1.807) is 20.2 Å². The number of rotatable bonds is 9. The number of fused-ring (bicyclic) bond motifs is 1. The smallest absolute Gasteiger partial charge is 0.224 e. The molecule has 5 nitrogen and oxygen atoms in total. The van der Waals surface area contributed by atoms with Crippen molar-refractivity contribution in [3.05, 3.63) is 42.4 Å². The van der Waals surface area contributed by atoms with Crippen LogP contribution in [0.3, 0.4) is 0 Å². The summed E-state index contributed by atoms with van der Waals surface area (Å²) in [7, 11) is 1.61. The molecule has 0 spiro atoms. The molecule has 5 heteroatoms. The summed E-state index contributed by atoms with van der Waals surface area (Å²) >= 11 is 0. The number of carbonyl (C=O) groups excluding carboxylic acids is 1. The first-order valence-electron chi connectivity index (χ1n) is 9.05. The van der Waals surface area contributed by atoms with Gasteiger partial charge in [0.1, 0.15) is 5.78 Å². The number of unbranched alkanes of at least 4 members (excludes halogenated alkanes) is 3. The van der Waals surface area contributed by atoms with Crippen LogP contribution in [0.1, 0.15) is 44.9 Å². The van der Waals surface area contributed by atoms with Gasteiger partial charge in [0.25, 0.3) is 0 Å². The van der Waals surface area contributed by atoms with Gasteiger partial charge >= 0.3 is 0 Å². The van der Waals surface area contributed by atoms with Crippen molar-refractivity contribution in [3.8, 4) is 17.2 Å². The highest BCUT2D eigenvalue weighted by atomic mass is 16.5. The van der Waals surface area contributed by atoms with Gasteiger partial charge in [-0.2, -0.15) is 0 Å². The first-order valence-corrected chi connectivity index (χ1v) is 9.05. The second-order valence-electron chi connectivity index (χ2n) is 6.47. The molecular formula is C21H24N2O3. The van der Waals surface area contributed by atoms with Crippen molar-refractivity contribution in [3.63, 3.8) is 0 Å². The molecular weight excluding hydrogens is 328 g/mol. The summed E-state index contributed by atoms with van der Waals surface area (Å²) in [6.45, 7) is 1.64. The summed E-state index contributed by atoms with van der Waals surface area (Å²) in [5.41, 5.74) is 1.70. The number of aryl methyl sites for hydroxylation is 1. The Kier molecular flexibility index (Phi) is 6.00. The van der Waals surface area contributed by atoms with E-state index in [0.717, 1.165) is 54.5 Å². The van der Waals surface area contributed by atoms with E-state index in [-0.39, 0.29) is 5.78 Å². The topological polar surface area (TPSA) is 65.2 Å². The van der Waals surface area contributed by atoms with Crippen molar-refractivity contribution in [2.75, 3.05) is 7.11 Å². The molecule has 1 aromatic carbocycles. The minimum Gasteiger partial charge on any atom is -0.480 e. The lowest BCUT2D eigenvalue weighted by Crippen LogP contribution is -1.92. The zero-order chi connectivity index (χ0) is 18.4. The van der Waals surface area contributed by atoms with Crippen LogP contribution in [-0.4, -0.2) is 22.9 Å². The maximum absolute atomic E-state index is 10.9. The third-order valence-electron chi connectivity index (χ3n) is 4.37. The van der Waals surface area contributed by atoms with E-state index in [2.05, 4.69) is 9.97 Å². The van der Waals surface area contributed by atoms with Gasteiger partial charge < -0.3 is 13.9 Å². The van der Waals surface area contributed by atoms with Gasteiger partial charge in [0.05, 0.1) is 24.4 Å². The summed E-state index contributed by atoms with van der Waals surface area (Å²) in [4.78, 5) is 19.9. The zero-order valence-corrected chi connectivity index (χ0v) is 15.3. The van der Waals surface area contributed by atoms with E-state index in [0.29, 0.717) is 18.1 Å². The number of aromatic nitrogens is 2. The molecule has 0 aliphatic heterocycles. The molecule has 2 aromatic heterocycles. The fourth-order valence-electron chi connectivity index (χ4n) is 2.98. The molecule has 0 saturated heterocycles. The maximum Gasteiger partial charge on any atom is 0.224 e. The third kappa shape index (κ3) is 4.48. The van der Waals surface area contributed by atoms with Crippen molar-refractivity contribution in [2.24, 2.45) is 0 Å². The van der Waals surface area contributed by atoms with Crippen LogP contribution in [0, 0.1) is 0 Å². The Bertz CT molecular complexity index is 886. The monoisotopic (exact) mass is 352 g/mol. The number of hydrogen-bond acceptors (Lipinski definition) is 5. The Morgan fingerprint density at radius 2 is 1.96 bits per heavy atom. The largest absolute Gasteiger partial charge is 0.480 e. The Hall–Kier alpha value is -2.69. The average Bonchev–Trinajstić information content (AvgIpc) is 3.12. The molecule has 0 N–H and O–H groups in total. The number of para-hydroxylation sites is 1. The summed E-state index contributed by atoms with van der Waals surface area (Å²) in [6, 6.07) is 9.94. The van der Waals surface area contributed by atoms with Crippen LogP contribution in [0.15, 0.2) is 40.9 Å². The Balaban J connectivity index is 1.66. The van der Waals surface area contributed by atoms with Crippen LogP contribution in [0.4, 0.5) is 0 Å². The predicted octanol–water partition coefficient (Wildman–Crippen LogP) is 4.98. The standard InChI is InChI=1S/C21H24N2O3/c1-15(24)9-5-3-4-6-12-20-22-14-19(26-20)17-13-16-10-7-8-11-18(16)23-21(17)25-2/h7-8,10-11,13-14H,3-6,9,12H2,1-2H3. The number of ketones is 1. The van der Waals surface area contributed by atoms with Crippen molar-refractivity contribution >= 4 is 16.7 Å². The molecule has 0 saturated carbocycles. The number of oxazole rings is 1. The molecule has 26 heavy (non-hydrogen) atoms. The zero-order valence-electron chi connectivity index (χ0n) is 15.3. The number of nitrogens with zero attached hydrogens (tertiary/aromatic N) is 2. The molecule has 3 rings (SSSR count). The SMILES string of the molecule is COc1nc2ccccc2cc1-c1cnc(CCCCCCC(C)=O)o1. The molecule has 0 aliphatic carbocycles. The molecule has 0 unspecified atom stereocenters. The Morgan fingerprint density at radius 3 is 2.77 bits per heavy atom. The van der Waals surface area contributed by atoms with Gasteiger partial charge in [-0.3, -0.25) is 0 Å². The van der Waals surface area contributed by atoms with Gasteiger partial charge in [-0.15, -0.1) is 0 Å². The van der Waals surface area contributed by atoms with Crippen molar-refractivity contribution in [1.82, 2.24) is 9.97 Å². The van der Waals surface area contributed by atoms with Gasteiger partial charge in [-0.25, -0.2) is 9.97 Å². The van der Waals surface area contributed by atoms with E-state index in [9.17, 15) is 4.79 Å². The summed E-state index contributed by atoms with van der Waals surface area (Å²) in [5, 5.41) is 1.03. The molecule has 0 aliphatic rings. The lowest BCUT2D eigenvalue weighted by Gasteiger charge is -2.07. The number of methoxy groups -OCH3 is 1. The normalized spacial score (nSPS) is 11.0. The first-order chi connectivity index (χ1) is 12.7. The van der Waals surface area contributed by atoms with Gasteiger partial charge in [-0.1, -0.05) is 31.0 Å². The van der Waals surface area contributed by atoms with Crippen LogP contribution in [0.25, 0.3) is 22.2 Å². The molecule has 0 fully saturated rings. The van der Waals surface area contributed by atoms with Gasteiger partial charge in [0, 0.05) is 18.2 Å². The lowest BCUT2D eigenvalue weighted by atomic mass is 10.1. The first kappa shape index (κ1) is 18.1. The molecule has 0 atom stereocenters. The summed E-state index contributed by atoms with van der Waals surface area (Å²) < 4.78 is 11.4. The molecule has 0 radical (unpaired) electrons. The third-order valence-corrected chi connectivity index (χ3v) is 4.37. The van der Waals surface area contributed by atoms with E-state index in [1.165, 1.54) is 0 Å². The second-order valence-corrected chi connectivity index (χ2v) is 6.47. The molecule has 3 aromatic rings. The molecule has 136 valence electrons. The fraction of sp³-hybridized carbons (Fsp3) is 0.381. The van der Waals surface area contributed by atoms with Crippen molar-refractivity contribution < 1.29 is 13.9 Å². The second kappa shape index (κ2) is 8.61. The van der Waals surface area contributed by atoms with Crippen molar-refractivity contribution in [2.45, 2.75) is 45.4 Å². The Morgan fingerprint density at radius 1 is 1.15 bits per heavy atom. The van der Waals surface area contributed by atoms with E-state index >= 15 is 0 Å². The number of Topliss-reactive ketones (excluding diaryl/α,β-unsaturated/α-hetero) is 1. The van der Waals surface area contributed by atoms with Gasteiger partial charge in [0.2, 0.25) is 5.88 Å².